The Morgan fingerprint density at radius 3 is 2.48 bits per heavy atom. The van der Waals surface area contributed by atoms with Crippen LogP contribution in [-0.4, -0.2) is 16.3 Å². The largest absolute Gasteiger partial charge is 0.494 e. The standard InChI is InChI=1S/C22H18BrNO4S/c1-2-27-17-9-7-16(8-10-17)24-21(25)20(29-22(24)26)13-18-11-12-19(28-18)14-3-5-15(23)6-4-14/h3-12,25H,2,13H2,1H3. The van der Waals surface area contributed by atoms with Crippen molar-refractivity contribution in [3.8, 4) is 28.6 Å². The second kappa shape index (κ2) is 8.31. The summed E-state index contributed by atoms with van der Waals surface area (Å²) in [6, 6.07) is 18.6. The van der Waals surface area contributed by atoms with Crippen molar-refractivity contribution in [2.75, 3.05) is 6.61 Å². The first-order valence-electron chi connectivity index (χ1n) is 9.06. The molecule has 4 aromatic rings. The molecular weight excluding hydrogens is 454 g/mol. The molecule has 0 radical (unpaired) electrons. The van der Waals surface area contributed by atoms with E-state index in [1.165, 1.54) is 4.57 Å². The van der Waals surface area contributed by atoms with Gasteiger partial charge in [-0.1, -0.05) is 39.4 Å². The minimum absolute atomic E-state index is 0.0641. The molecule has 29 heavy (non-hydrogen) atoms. The molecule has 0 saturated carbocycles. The lowest BCUT2D eigenvalue weighted by molar-refractivity contribution is 0.340. The number of aromatic nitrogens is 1. The van der Waals surface area contributed by atoms with Crippen LogP contribution in [0, 0.1) is 0 Å². The highest BCUT2D eigenvalue weighted by Crippen LogP contribution is 2.30. The Kier molecular flexibility index (Phi) is 5.60. The molecule has 0 saturated heterocycles. The smallest absolute Gasteiger partial charge is 0.314 e. The lowest BCUT2D eigenvalue weighted by Crippen LogP contribution is -2.09. The zero-order valence-corrected chi connectivity index (χ0v) is 18.0. The Balaban J connectivity index is 1.58. The van der Waals surface area contributed by atoms with E-state index in [1.54, 1.807) is 24.3 Å². The van der Waals surface area contributed by atoms with Gasteiger partial charge in [-0.3, -0.25) is 4.79 Å². The van der Waals surface area contributed by atoms with Crippen LogP contribution in [-0.2, 0) is 6.42 Å². The molecular formula is C22H18BrNO4S. The van der Waals surface area contributed by atoms with Crippen molar-refractivity contribution < 1.29 is 14.3 Å². The average Bonchev–Trinajstić information content (AvgIpc) is 3.28. The van der Waals surface area contributed by atoms with Gasteiger partial charge < -0.3 is 14.3 Å². The molecule has 0 aliphatic carbocycles. The summed E-state index contributed by atoms with van der Waals surface area (Å²) in [6.45, 7) is 2.48. The van der Waals surface area contributed by atoms with E-state index in [0.717, 1.165) is 32.9 Å². The molecule has 148 valence electrons. The van der Waals surface area contributed by atoms with Gasteiger partial charge in [-0.05, 0) is 55.5 Å². The molecule has 2 heterocycles. The van der Waals surface area contributed by atoms with Gasteiger partial charge in [0.25, 0.3) is 0 Å². The number of benzene rings is 2. The monoisotopic (exact) mass is 471 g/mol. The summed E-state index contributed by atoms with van der Waals surface area (Å²) in [5, 5.41) is 10.6. The molecule has 0 atom stereocenters. The molecule has 0 fully saturated rings. The molecule has 0 aliphatic heterocycles. The van der Waals surface area contributed by atoms with Gasteiger partial charge in [-0.15, -0.1) is 0 Å². The Hall–Kier alpha value is -2.77. The third-order valence-corrected chi connectivity index (χ3v) is 5.84. The minimum Gasteiger partial charge on any atom is -0.494 e. The fourth-order valence-corrected chi connectivity index (χ4v) is 4.16. The van der Waals surface area contributed by atoms with Gasteiger partial charge in [0.1, 0.15) is 17.3 Å². The van der Waals surface area contributed by atoms with Crippen molar-refractivity contribution in [2.24, 2.45) is 0 Å². The summed E-state index contributed by atoms with van der Waals surface area (Å²) in [6.07, 6.45) is 0.340. The van der Waals surface area contributed by atoms with E-state index in [2.05, 4.69) is 15.9 Å². The normalized spacial score (nSPS) is 11.0. The van der Waals surface area contributed by atoms with E-state index in [9.17, 15) is 9.90 Å². The van der Waals surface area contributed by atoms with Crippen LogP contribution in [0.15, 0.2) is 74.3 Å². The average molecular weight is 472 g/mol. The van der Waals surface area contributed by atoms with Gasteiger partial charge in [-0.2, -0.15) is 0 Å². The fraction of sp³-hybridized carbons (Fsp3) is 0.136. The summed E-state index contributed by atoms with van der Waals surface area (Å²) in [5.74, 6) is 2.07. The van der Waals surface area contributed by atoms with Gasteiger partial charge in [0, 0.05) is 16.5 Å². The summed E-state index contributed by atoms with van der Waals surface area (Å²) in [4.78, 5) is 12.8. The molecule has 0 spiro atoms. The molecule has 5 nitrogen and oxygen atoms in total. The lowest BCUT2D eigenvalue weighted by Gasteiger charge is -2.06. The van der Waals surface area contributed by atoms with Crippen molar-refractivity contribution in [1.82, 2.24) is 4.57 Å². The first-order chi connectivity index (χ1) is 14.0. The second-order valence-corrected chi connectivity index (χ2v) is 8.29. The maximum absolute atomic E-state index is 12.5. The van der Waals surface area contributed by atoms with E-state index in [4.69, 9.17) is 9.15 Å². The predicted molar refractivity (Wildman–Crippen MR) is 117 cm³/mol. The zero-order valence-electron chi connectivity index (χ0n) is 15.6. The first-order valence-corrected chi connectivity index (χ1v) is 10.7. The third kappa shape index (κ3) is 4.16. The number of hydrogen-bond acceptors (Lipinski definition) is 5. The van der Waals surface area contributed by atoms with Gasteiger partial charge in [0.05, 0.1) is 17.2 Å². The van der Waals surface area contributed by atoms with Crippen LogP contribution in [0.4, 0.5) is 0 Å². The van der Waals surface area contributed by atoms with E-state index < -0.39 is 0 Å². The number of rotatable bonds is 6. The summed E-state index contributed by atoms with van der Waals surface area (Å²) in [7, 11) is 0. The van der Waals surface area contributed by atoms with Gasteiger partial charge >= 0.3 is 4.87 Å². The topological polar surface area (TPSA) is 64.6 Å². The van der Waals surface area contributed by atoms with E-state index in [1.807, 2.05) is 43.3 Å². The van der Waals surface area contributed by atoms with Crippen molar-refractivity contribution in [2.45, 2.75) is 13.3 Å². The van der Waals surface area contributed by atoms with Crippen molar-refractivity contribution >= 4 is 27.3 Å². The number of furan rings is 1. The van der Waals surface area contributed by atoms with Crippen LogP contribution >= 0.6 is 27.3 Å². The number of aromatic hydroxyl groups is 1. The zero-order chi connectivity index (χ0) is 20.4. The van der Waals surface area contributed by atoms with E-state index >= 15 is 0 Å². The van der Waals surface area contributed by atoms with Crippen molar-refractivity contribution in [3.05, 3.63) is 85.4 Å². The second-order valence-electron chi connectivity index (χ2n) is 6.33. The Morgan fingerprint density at radius 2 is 1.79 bits per heavy atom. The molecule has 7 heteroatoms. The quantitative estimate of drug-likeness (QED) is 0.396. The van der Waals surface area contributed by atoms with E-state index in [-0.39, 0.29) is 10.8 Å². The number of hydrogen-bond donors (Lipinski definition) is 1. The first kappa shape index (κ1) is 19.5. The highest BCUT2D eigenvalue weighted by molar-refractivity contribution is 9.10. The predicted octanol–water partition coefficient (Wildman–Crippen LogP) is 5.62. The maximum Gasteiger partial charge on any atom is 0.314 e. The molecule has 0 amide bonds. The van der Waals surface area contributed by atoms with Gasteiger partial charge in [0.15, 0.2) is 0 Å². The molecule has 2 aromatic heterocycles. The third-order valence-electron chi connectivity index (χ3n) is 4.39. The van der Waals surface area contributed by atoms with Crippen LogP contribution in [0.3, 0.4) is 0 Å². The van der Waals surface area contributed by atoms with Crippen molar-refractivity contribution in [1.29, 1.82) is 0 Å². The summed E-state index contributed by atoms with van der Waals surface area (Å²) >= 11 is 4.43. The fourth-order valence-electron chi connectivity index (χ4n) is 3.01. The SMILES string of the molecule is CCOc1ccc(-n2c(O)c(Cc3ccc(-c4ccc(Br)cc4)o3)sc2=O)cc1. The highest BCUT2D eigenvalue weighted by Gasteiger charge is 2.17. The molecule has 2 aromatic carbocycles. The summed E-state index contributed by atoms with van der Waals surface area (Å²) < 4.78 is 13.6. The molecule has 0 bridgehead atoms. The van der Waals surface area contributed by atoms with Crippen LogP contribution in [0.25, 0.3) is 17.0 Å². The van der Waals surface area contributed by atoms with Crippen LogP contribution in [0.5, 0.6) is 11.6 Å². The molecule has 0 aliphatic rings. The summed E-state index contributed by atoms with van der Waals surface area (Å²) in [5.41, 5.74) is 1.55. The molecule has 4 rings (SSSR count). The highest BCUT2D eigenvalue weighted by atomic mass is 79.9. The van der Waals surface area contributed by atoms with Crippen molar-refractivity contribution in [3.63, 3.8) is 0 Å². The maximum atomic E-state index is 12.5. The minimum atomic E-state index is -0.249. The Morgan fingerprint density at radius 1 is 1.07 bits per heavy atom. The molecule has 1 N–H and O–H groups in total. The van der Waals surface area contributed by atoms with Gasteiger partial charge in [-0.25, -0.2) is 4.57 Å². The van der Waals surface area contributed by atoms with E-state index in [0.29, 0.717) is 29.4 Å². The van der Waals surface area contributed by atoms with Crippen LogP contribution in [0.1, 0.15) is 17.6 Å². The number of thiazole rings is 1. The van der Waals surface area contributed by atoms with Crippen LogP contribution in [0.2, 0.25) is 0 Å². The lowest BCUT2D eigenvalue weighted by atomic mass is 10.2. The number of halogens is 1. The van der Waals surface area contributed by atoms with Gasteiger partial charge in [0.2, 0.25) is 5.88 Å². The Labute approximate surface area is 179 Å². The number of nitrogens with zero attached hydrogens (tertiary/aromatic N) is 1. The molecule has 0 unspecified atom stereocenters. The van der Waals surface area contributed by atoms with Crippen LogP contribution < -0.4 is 9.61 Å². The Bertz CT molecular complexity index is 1170. The number of ether oxygens (including phenoxy) is 1.